The third kappa shape index (κ3) is 5.96. The lowest BCUT2D eigenvalue weighted by molar-refractivity contribution is -0.0220. The molecule has 3 aromatic rings. The summed E-state index contributed by atoms with van der Waals surface area (Å²) >= 11 is 0. The number of nitrogens with zero attached hydrogens (tertiary/aromatic N) is 3. The number of benzene rings is 2. The molecule has 10 nitrogen and oxygen atoms in total. The number of nitrogens with one attached hydrogen (secondary N) is 2. The molecule has 1 amide bonds. The molecule has 1 saturated carbocycles. The van der Waals surface area contributed by atoms with Crippen LogP contribution >= 0.6 is 0 Å². The fourth-order valence-corrected chi connectivity index (χ4v) is 6.66. The zero-order valence-electron chi connectivity index (χ0n) is 22.5. The summed E-state index contributed by atoms with van der Waals surface area (Å²) in [7, 11) is -3.75. The molecule has 6 rings (SSSR count). The van der Waals surface area contributed by atoms with Crippen LogP contribution in [0.4, 0.5) is 31.5 Å². The molecule has 0 atom stereocenters. The number of fused-ring (bicyclic) bond motifs is 1. The Labute approximate surface area is 236 Å². The minimum atomic E-state index is -3.75. The van der Waals surface area contributed by atoms with E-state index < -0.39 is 34.2 Å². The van der Waals surface area contributed by atoms with Crippen LogP contribution < -0.4 is 19.8 Å². The Morgan fingerprint density at radius 3 is 2.29 bits per heavy atom. The SMILES string of the molecule is O=C(Nc1cc(N2CCC(F)(F)CC2)c2ncoc2c1)c1ccc(NS(=O)(=O)CCO)cc1N1CCC2(CC1)CC2. The lowest BCUT2D eigenvalue weighted by Gasteiger charge is -2.35. The molecule has 3 N–H and O–H groups in total. The molecule has 3 heterocycles. The molecule has 2 aromatic carbocycles. The maximum atomic E-state index is 13.8. The van der Waals surface area contributed by atoms with E-state index in [9.17, 15) is 22.0 Å². The largest absolute Gasteiger partial charge is 0.443 e. The van der Waals surface area contributed by atoms with Crippen LogP contribution in [-0.4, -0.2) is 68.9 Å². The van der Waals surface area contributed by atoms with Gasteiger partial charge in [-0.3, -0.25) is 9.52 Å². The van der Waals surface area contributed by atoms with Gasteiger partial charge in [0.05, 0.1) is 35.0 Å². The predicted octanol–water partition coefficient (Wildman–Crippen LogP) is 4.43. The number of alkyl halides is 2. The molecule has 220 valence electrons. The maximum Gasteiger partial charge on any atom is 0.257 e. The normalized spacial score (nSPS) is 19.9. The van der Waals surface area contributed by atoms with Crippen molar-refractivity contribution < 1.29 is 31.5 Å². The molecular weight excluding hydrogens is 556 g/mol. The predicted molar refractivity (Wildman–Crippen MR) is 152 cm³/mol. The first-order valence-electron chi connectivity index (χ1n) is 13.9. The van der Waals surface area contributed by atoms with Crippen LogP contribution in [0, 0.1) is 5.41 Å². The number of rotatable bonds is 8. The first-order valence-corrected chi connectivity index (χ1v) is 15.5. The number of hydrogen-bond donors (Lipinski definition) is 3. The van der Waals surface area contributed by atoms with Crippen molar-refractivity contribution in [1.82, 2.24) is 4.98 Å². The topological polar surface area (TPSA) is 128 Å². The van der Waals surface area contributed by atoms with Crippen LogP contribution in [0.15, 0.2) is 41.1 Å². The third-order valence-corrected chi connectivity index (χ3v) is 9.77. The second kappa shape index (κ2) is 10.4. The standard InChI is InChI=1S/C28H33F2N5O5S/c29-28(30)7-11-35(12-8-28)23-16-20(17-24-25(23)31-18-40-24)32-26(37)21-2-1-19(33-41(38,39)14-13-36)15-22(21)34-9-5-27(3-4-27)6-10-34/h1-2,15-18,33,36H,3-14H2,(H,32,37). The summed E-state index contributed by atoms with van der Waals surface area (Å²) in [6.45, 7) is 1.30. The van der Waals surface area contributed by atoms with Gasteiger partial charge in [-0.1, -0.05) is 0 Å². The molecular formula is C28H33F2N5O5S. The molecule has 3 fully saturated rings. The Morgan fingerprint density at radius 1 is 0.951 bits per heavy atom. The number of aromatic nitrogens is 1. The molecule has 2 aliphatic heterocycles. The summed E-state index contributed by atoms with van der Waals surface area (Å²) < 4.78 is 60.2. The number of halogens is 2. The van der Waals surface area contributed by atoms with Crippen molar-refractivity contribution in [2.75, 3.05) is 58.4 Å². The molecule has 2 saturated heterocycles. The third-order valence-electron chi connectivity index (χ3n) is 8.51. The molecule has 41 heavy (non-hydrogen) atoms. The quantitative estimate of drug-likeness (QED) is 0.352. The van der Waals surface area contributed by atoms with E-state index in [0.29, 0.717) is 44.8 Å². The Kier molecular flexibility index (Phi) is 7.05. The Hall–Kier alpha value is -3.45. The second-order valence-electron chi connectivity index (χ2n) is 11.4. The van der Waals surface area contributed by atoms with E-state index in [2.05, 4.69) is 19.9 Å². The lowest BCUT2D eigenvalue weighted by Crippen LogP contribution is -2.39. The van der Waals surface area contributed by atoms with Crippen molar-refractivity contribution in [3.05, 3.63) is 42.3 Å². The zero-order valence-corrected chi connectivity index (χ0v) is 23.4. The summed E-state index contributed by atoms with van der Waals surface area (Å²) in [6, 6.07) is 8.15. The van der Waals surface area contributed by atoms with E-state index in [0.717, 1.165) is 25.9 Å². The number of carbonyl (C=O) groups is 1. The molecule has 0 unspecified atom stereocenters. The molecule has 1 aliphatic carbocycles. The highest BCUT2D eigenvalue weighted by molar-refractivity contribution is 7.92. The van der Waals surface area contributed by atoms with E-state index in [1.807, 2.05) is 4.90 Å². The lowest BCUT2D eigenvalue weighted by atomic mass is 9.93. The van der Waals surface area contributed by atoms with Gasteiger partial charge in [0.15, 0.2) is 12.0 Å². The highest BCUT2D eigenvalue weighted by Gasteiger charge is 2.44. The van der Waals surface area contributed by atoms with Crippen LogP contribution in [0.1, 0.15) is 48.9 Å². The van der Waals surface area contributed by atoms with Gasteiger partial charge in [-0.15, -0.1) is 0 Å². The van der Waals surface area contributed by atoms with Crippen LogP contribution in [0.25, 0.3) is 11.1 Å². The number of aliphatic hydroxyl groups is 1. The van der Waals surface area contributed by atoms with Gasteiger partial charge in [0.25, 0.3) is 11.8 Å². The highest BCUT2D eigenvalue weighted by atomic mass is 32.2. The van der Waals surface area contributed by atoms with Crippen LogP contribution in [-0.2, 0) is 10.0 Å². The van der Waals surface area contributed by atoms with Gasteiger partial charge in [0.2, 0.25) is 10.0 Å². The van der Waals surface area contributed by atoms with Gasteiger partial charge in [-0.05, 0) is 55.4 Å². The minimum Gasteiger partial charge on any atom is -0.443 e. The fraction of sp³-hybridized carbons (Fsp3) is 0.500. The average molecular weight is 590 g/mol. The number of amides is 1. The van der Waals surface area contributed by atoms with Crippen molar-refractivity contribution in [1.29, 1.82) is 0 Å². The first-order chi connectivity index (χ1) is 19.6. The Morgan fingerprint density at radius 2 is 1.61 bits per heavy atom. The molecule has 3 aliphatic rings. The fourth-order valence-electron chi connectivity index (χ4n) is 5.83. The van der Waals surface area contributed by atoms with E-state index in [-0.39, 0.29) is 25.9 Å². The summed E-state index contributed by atoms with van der Waals surface area (Å²) in [5.74, 6) is -3.53. The van der Waals surface area contributed by atoms with Crippen LogP contribution in [0.2, 0.25) is 0 Å². The second-order valence-corrected chi connectivity index (χ2v) is 13.2. The van der Waals surface area contributed by atoms with E-state index in [4.69, 9.17) is 9.52 Å². The highest BCUT2D eigenvalue weighted by Crippen LogP contribution is 2.54. The molecule has 13 heteroatoms. The number of sulfonamides is 1. The Bertz CT molecular complexity index is 1550. The smallest absolute Gasteiger partial charge is 0.257 e. The number of anilines is 4. The van der Waals surface area contributed by atoms with Crippen molar-refractivity contribution in [2.24, 2.45) is 5.41 Å². The minimum absolute atomic E-state index is 0.153. The van der Waals surface area contributed by atoms with Crippen LogP contribution in [0.3, 0.4) is 0 Å². The van der Waals surface area contributed by atoms with Crippen molar-refractivity contribution in [2.45, 2.75) is 44.4 Å². The first kappa shape index (κ1) is 27.7. The zero-order chi connectivity index (χ0) is 28.8. The van der Waals surface area contributed by atoms with Crippen LogP contribution in [0.5, 0.6) is 0 Å². The number of carbonyl (C=O) groups excluding carboxylic acids is 1. The van der Waals surface area contributed by atoms with Gasteiger partial charge in [-0.2, -0.15) is 0 Å². The van der Waals surface area contributed by atoms with E-state index in [1.165, 1.54) is 25.3 Å². The van der Waals surface area contributed by atoms with Gasteiger partial charge in [-0.25, -0.2) is 22.2 Å². The number of hydrogen-bond acceptors (Lipinski definition) is 8. The Balaban J connectivity index is 1.29. The summed E-state index contributed by atoms with van der Waals surface area (Å²) in [5, 5.41) is 12.0. The summed E-state index contributed by atoms with van der Waals surface area (Å²) in [4.78, 5) is 21.9. The number of oxazole rings is 1. The molecule has 1 spiro atoms. The van der Waals surface area contributed by atoms with E-state index >= 15 is 0 Å². The average Bonchev–Trinajstić information content (AvgIpc) is 3.50. The summed E-state index contributed by atoms with van der Waals surface area (Å²) in [5.41, 5.74) is 3.71. The monoisotopic (exact) mass is 589 g/mol. The molecule has 0 radical (unpaired) electrons. The van der Waals surface area contributed by atoms with Gasteiger partial charge >= 0.3 is 0 Å². The van der Waals surface area contributed by atoms with Crippen molar-refractivity contribution in [3.8, 4) is 0 Å². The molecule has 1 aromatic heterocycles. The van der Waals surface area contributed by atoms with Gasteiger partial charge < -0.3 is 24.6 Å². The van der Waals surface area contributed by atoms with Gasteiger partial charge in [0.1, 0.15) is 5.52 Å². The maximum absolute atomic E-state index is 13.8. The van der Waals surface area contributed by atoms with E-state index in [1.54, 1.807) is 24.3 Å². The van der Waals surface area contributed by atoms with Crippen molar-refractivity contribution >= 4 is 49.8 Å². The number of piperidine rings is 2. The van der Waals surface area contributed by atoms with Gasteiger partial charge in [0, 0.05) is 50.8 Å². The van der Waals surface area contributed by atoms with Crippen molar-refractivity contribution in [3.63, 3.8) is 0 Å². The number of aliphatic hydroxyl groups excluding tert-OH is 1. The summed E-state index contributed by atoms with van der Waals surface area (Å²) in [6.07, 6.45) is 5.21. The molecule has 0 bridgehead atoms.